The number of hydrogen-bond donors (Lipinski definition) is 1. The first kappa shape index (κ1) is 14.2. The summed E-state index contributed by atoms with van der Waals surface area (Å²) in [6.07, 6.45) is 2.66. The van der Waals surface area contributed by atoms with Crippen LogP contribution in [-0.2, 0) is 0 Å². The Hall–Kier alpha value is -1.72. The molecular weight excluding hydrogens is 282 g/mol. The molecule has 1 amide bonds. The Morgan fingerprint density at radius 2 is 2.19 bits per heavy atom. The van der Waals surface area contributed by atoms with E-state index in [0.29, 0.717) is 11.4 Å². The quantitative estimate of drug-likeness (QED) is 0.948. The van der Waals surface area contributed by atoms with E-state index in [4.69, 9.17) is 5.73 Å². The van der Waals surface area contributed by atoms with Crippen molar-refractivity contribution in [1.29, 1.82) is 0 Å². The fraction of sp³-hybridized carbons (Fsp3) is 0.375. The van der Waals surface area contributed by atoms with Crippen LogP contribution in [0.25, 0.3) is 10.6 Å². The normalized spacial score (nSPS) is 21.7. The third-order valence-corrected chi connectivity index (χ3v) is 5.11. The smallest absolute Gasteiger partial charge is 0.265 e. The monoisotopic (exact) mass is 301 g/mol. The van der Waals surface area contributed by atoms with Gasteiger partial charge in [-0.05, 0) is 18.4 Å². The van der Waals surface area contributed by atoms with Crippen molar-refractivity contribution in [2.75, 3.05) is 19.6 Å². The molecule has 1 aliphatic heterocycles. The van der Waals surface area contributed by atoms with Crippen LogP contribution >= 0.6 is 11.3 Å². The number of nitrogens with zero attached hydrogens (tertiary/aromatic N) is 2. The minimum atomic E-state index is 0.0581. The number of likely N-dealkylation sites (tertiary alicyclic amines) is 1. The maximum atomic E-state index is 12.6. The van der Waals surface area contributed by atoms with E-state index in [1.165, 1.54) is 11.3 Å². The molecular formula is C16H19N3OS. The van der Waals surface area contributed by atoms with Crippen LogP contribution < -0.4 is 5.73 Å². The second kappa shape index (κ2) is 5.58. The number of carbonyl (C=O) groups is 1. The molecule has 1 unspecified atom stereocenters. The Bertz CT molecular complexity index is 640. The summed E-state index contributed by atoms with van der Waals surface area (Å²) in [5.41, 5.74) is 6.91. The average molecular weight is 301 g/mol. The maximum Gasteiger partial charge on any atom is 0.265 e. The number of amides is 1. The van der Waals surface area contributed by atoms with Crippen LogP contribution in [0, 0.1) is 5.41 Å². The highest BCUT2D eigenvalue weighted by molar-refractivity contribution is 7.16. The van der Waals surface area contributed by atoms with Gasteiger partial charge in [-0.2, -0.15) is 0 Å². The molecule has 4 nitrogen and oxygen atoms in total. The van der Waals surface area contributed by atoms with Crippen molar-refractivity contribution in [2.24, 2.45) is 11.1 Å². The van der Waals surface area contributed by atoms with Gasteiger partial charge in [0.15, 0.2) is 0 Å². The van der Waals surface area contributed by atoms with E-state index < -0.39 is 0 Å². The number of carbonyl (C=O) groups excluding carboxylic acids is 1. The topological polar surface area (TPSA) is 59.2 Å². The van der Waals surface area contributed by atoms with E-state index in [1.807, 2.05) is 35.2 Å². The zero-order chi connectivity index (χ0) is 14.9. The van der Waals surface area contributed by atoms with E-state index in [-0.39, 0.29) is 11.3 Å². The fourth-order valence-electron chi connectivity index (χ4n) is 2.61. The van der Waals surface area contributed by atoms with Crippen molar-refractivity contribution in [2.45, 2.75) is 13.3 Å². The lowest BCUT2D eigenvalue weighted by Gasteiger charge is -2.22. The van der Waals surface area contributed by atoms with Gasteiger partial charge in [0.05, 0.1) is 6.20 Å². The highest BCUT2D eigenvalue weighted by Crippen LogP contribution is 2.31. The van der Waals surface area contributed by atoms with Gasteiger partial charge in [-0.1, -0.05) is 37.3 Å². The Labute approximate surface area is 128 Å². The molecule has 0 radical (unpaired) electrons. The van der Waals surface area contributed by atoms with Gasteiger partial charge in [-0.25, -0.2) is 4.98 Å². The predicted molar refractivity (Wildman–Crippen MR) is 85.2 cm³/mol. The average Bonchev–Trinajstić information content (AvgIpc) is 3.15. The van der Waals surface area contributed by atoms with Gasteiger partial charge in [0.2, 0.25) is 0 Å². The van der Waals surface area contributed by atoms with Crippen molar-refractivity contribution >= 4 is 17.2 Å². The first-order chi connectivity index (χ1) is 10.1. The third-order valence-electron chi connectivity index (χ3n) is 4.08. The first-order valence-corrected chi connectivity index (χ1v) is 7.94. The van der Waals surface area contributed by atoms with Crippen LogP contribution in [0.3, 0.4) is 0 Å². The van der Waals surface area contributed by atoms with Crippen LogP contribution in [0.4, 0.5) is 0 Å². The number of rotatable bonds is 3. The number of aromatic nitrogens is 1. The van der Waals surface area contributed by atoms with Gasteiger partial charge in [0.1, 0.15) is 9.88 Å². The van der Waals surface area contributed by atoms with Crippen LogP contribution in [-0.4, -0.2) is 35.4 Å². The SMILES string of the molecule is CC1(CN)CCN(C(=O)c2cnc(-c3ccccc3)s2)C1. The van der Waals surface area contributed by atoms with Crippen molar-refractivity contribution in [1.82, 2.24) is 9.88 Å². The molecule has 1 aromatic carbocycles. The van der Waals surface area contributed by atoms with E-state index in [2.05, 4.69) is 11.9 Å². The molecule has 0 spiro atoms. The van der Waals surface area contributed by atoms with Crippen LogP contribution in [0.1, 0.15) is 23.0 Å². The Morgan fingerprint density at radius 3 is 2.86 bits per heavy atom. The van der Waals surface area contributed by atoms with Crippen LogP contribution in [0.15, 0.2) is 36.5 Å². The Balaban J connectivity index is 1.77. The van der Waals surface area contributed by atoms with Gasteiger partial charge in [0.25, 0.3) is 5.91 Å². The van der Waals surface area contributed by atoms with E-state index >= 15 is 0 Å². The van der Waals surface area contributed by atoms with E-state index in [0.717, 1.165) is 30.1 Å². The first-order valence-electron chi connectivity index (χ1n) is 7.12. The van der Waals surface area contributed by atoms with Gasteiger partial charge in [-0.15, -0.1) is 11.3 Å². The van der Waals surface area contributed by atoms with Crippen molar-refractivity contribution in [3.05, 3.63) is 41.4 Å². The molecule has 0 saturated carbocycles. The molecule has 0 aliphatic carbocycles. The molecule has 21 heavy (non-hydrogen) atoms. The molecule has 5 heteroatoms. The maximum absolute atomic E-state index is 12.6. The summed E-state index contributed by atoms with van der Waals surface area (Å²) in [6, 6.07) is 9.95. The van der Waals surface area contributed by atoms with Crippen LogP contribution in [0.5, 0.6) is 0 Å². The zero-order valence-corrected chi connectivity index (χ0v) is 12.9. The third kappa shape index (κ3) is 2.84. The van der Waals surface area contributed by atoms with E-state index in [1.54, 1.807) is 6.20 Å². The largest absolute Gasteiger partial charge is 0.337 e. The summed E-state index contributed by atoms with van der Waals surface area (Å²) in [5.74, 6) is 0.0758. The Kier molecular flexibility index (Phi) is 3.78. The summed E-state index contributed by atoms with van der Waals surface area (Å²) < 4.78 is 0. The van der Waals surface area contributed by atoms with Gasteiger partial charge in [0, 0.05) is 18.7 Å². The lowest BCUT2D eigenvalue weighted by molar-refractivity contribution is 0.0781. The number of hydrogen-bond acceptors (Lipinski definition) is 4. The van der Waals surface area contributed by atoms with Crippen molar-refractivity contribution in [3.63, 3.8) is 0 Å². The number of benzene rings is 1. The molecule has 1 atom stereocenters. The van der Waals surface area contributed by atoms with Gasteiger partial charge in [-0.3, -0.25) is 4.79 Å². The second-order valence-corrected chi connectivity index (χ2v) is 6.92. The fourth-order valence-corrected chi connectivity index (χ4v) is 3.50. The molecule has 0 bridgehead atoms. The number of thiazole rings is 1. The molecule has 3 rings (SSSR count). The van der Waals surface area contributed by atoms with E-state index in [9.17, 15) is 4.79 Å². The molecule has 2 heterocycles. The summed E-state index contributed by atoms with van der Waals surface area (Å²) in [4.78, 5) is 19.5. The summed E-state index contributed by atoms with van der Waals surface area (Å²) in [5, 5.41) is 0.889. The summed E-state index contributed by atoms with van der Waals surface area (Å²) in [6.45, 7) is 4.28. The van der Waals surface area contributed by atoms with Crippen molar-refractivity contribution in [3.8, 4) is 10.6 Å². The lowest BCUT2D eigenvalue weighted by Crippen LogP contribution is -2.34. The van der Waals surface area contributed by atoms with Crippen molar-refractivity contribution < 1.29 is 4.79 Å². The molecule has 2 aromatic rings. The molecule has 1 aromatic heterocycles. The summed E-state index contributed by atoms with van der Waals surface area (Å²) >= 11 is 1.46. The standard InChI is InChI=1S/C16H19N3OS/c1-16(10-17)7-8-19(11-16)15(20)13-9-18-14(21-13)12-5-3-2-4-6-12/h2-6,9H,7-8,10-11,17H2,1H3. The molecule has 110 valence electrons. The lowest BCUT2D eigenvalue weighted by atomic mass is 9.90. The highest BCUT2D eigenvalue weighted by atomic mass is 32.1. The predicted octanol–water partition coefficient (Wildman–Crippen LogP) is 2.62. The molecule has 2 N–H and O–H groups in total. The molecule has 1 saturated heterocycles. The minimum absolute atomic E-state index is 0.0581. The highest BCUT2D eigenvalue weighted by Gasteiger charge is 2.35. The number of nitrogens with two attached hydrogens (primary N) is 1. The minimum Gasteiger partial charge on any atom is -0.337 e. The van der Waals surface area contributed by atoms with Gasteiger partial charge < -0.3 is 10.6 Å². The Morgan fingerprint density at radius 1 is 1.43 bits per heavy atom. The zero-order valence-electron chi connectivity index (χ0n) is 12.1. The molecule has 1 aliphatic rings. The second-order valence-electron chi connectivity index (χ2n) is 5.89. The van der Waals surface area contributed by atoms with Crippen LogP contribution in [0.2, 0.25) is 0 Å². The molecule has 1 fully saturated rings. The van der Waals surface area contributed by atoms with Gasteiger partial charge >= 0.3 is 0 Å². The summed E-state index contributed by atoms with van der Waals surface area (Å²) in [7, 11) is 0.